The topological polar surface area (TPSA) is 80.8 Å². The number of hydrogen-bond acceptors (Lipinski definition) is 5. The minimum atomic E-state index is -0.826. The summed E-state index contributed by atoms with van der Waals surface area (Å²) in [5.41, 5.74) is 7.06. The van der Waals surface area contributed by atoms with Crippen LogP contribution in [0.5, 0.6) is 0 Å². The second kappa shape index (κ2) is 9.60. The summed E-state index contributed by atoms with van der Waals surface area (Å²) in [5, 5.41) is 0. The fraction of sp³-hybridized carbons (Fsp3) is 0.200. The van der Waals surface area contributed by atoms with Crippen LogP contribution in [0.4, 0.5) is 5.69 Å². The van der Waals surface area contributed by atoms with Crippen LogP contribution in [0.3, 0.4) is 0 Å². The second-order valence-corrected chi connectivity index (χ2v) is 12.5. The number of aryl methyl sites for hydroxylation is 2. The summed E-state index contributed by atoms with van der Waals surface area (Å²) in [4.78, 5) is 54.8. The van der Waals surface area contributed by atoms with Crippen molar-refractivity contribution in [1.29, 1.82) is 0 Å². The first-order valence-corrected chi connectivity index (χ1v) is 14.6. The number of Topliss-reactive ketones (excluding diaryl/α,β-unsaturated/α-hetero) is 1. The number of imide groups is 1. The number of alkyl halides is 1. The quantitative estimate of drug-likeness (QED) is 0.114. The summed E-state index contributed by atoms with van der Waals surface area (Å²) >= 11 is 4.00. The molecule has 6 nitrogen and oxygen atoms in total. The average Bonchev–Trinajstić information content (AvgIpc) is 3.28. The smallest absolute Gasteiger partial charge is 0.338 e. The zero-order valence-electron chi connectivity index (χ0n) is 23.0. The lowest BCUT2D eigenvalue weighted by atomic mass is 9.55. The summed E-state index contributed by atoms with van der Waals surface area (Å²) < 4.78 is 4.48. The molecular formula is C35H26BrNO5. The Labute approximate surface area is 251 Å². The number of anilines is 1. The molecule has 2 atom stereocenters. The number of ether oxygens (including phenoxy) is 1. The molecule has 4 aromatic rings. The summed E-state index contributed by atoms with van der Waals surface area (Å²) in [5.74, 6) is -2.86. The molecule has 208 valence electrons. The number of amides is 2. The maximum atomic E-state index is 14.1. The molecule has 0 aromatic heterocycles. The van der Waals surface area contributed by atoms with Crippen molar-refractivity contribution < 1.29 is 23.9 Å². The Morgan fingerprint density at radius 2 is 1.45 bits per heavy atom. The number of rotatable bonds is 5. The minimum Gasteiger partial charge on any atom is -0.454 e. The van der Waals surface area contributed by atoms with E-state index in [1.807, 2.05) is 74.5 Å². The van der Waals surface area contributed by atoms with Crippen LogP contribution in [-0.4, -0.2) is 30.2 Å². The summed E-state index contributed by atoms with van der Waals surface area (Å²) in [6, 6.07) is 27.8. The molecule has 1 fully saturated rings. The fourth-order valence-corrected chi connectivity index (χ4v) is 8.21. The van der Waals surface area contributed by atoms with Crippen molar-refractivity contribution in [2.24, 2.45) is 11.8 Å². The van der Waals surface area contributed by atoms with E-state index in [4.69, 9.17) is 4.74 Å². The molecule has 0 N–H and O–H groups in total. The zero-order valence-corrected chi connectivity index (χ0v) is 24.6. The van der Waals surface area contributed by atoms with Crippen LogP contribution < -0.4 is 4.90 Å². The van der Waals surface area contributed by atoms with E-state index in [0.29, 0.717) is 11.3 Å². The zero-order chi connectivity index (χ0) is 29.3. The Bertz CT molecular complexity index is 1780. The summed E-state index contributed by atoms with van der Waals surface area (Å²) in [7, 11) is 0. The van der Waals surface area contributed by atoms with Crippen LogP contribution in [0.25, 0.3) is 0 Å². The van der Waals surface area contributed by atoms with Gasteiger partial charge in [-0.25, -0.2) is 9.69 Å². The standard InChI is InChI=1S/C35H26BrNO5/c1-19-11-12-20(2)25(17-19)28(38)18-42-34(41)21-13-15-22(16-14-21)37-32(39)30-29-23-7-3-5-9-26(23)35(36,31(30)33(37)40)27-10-6-4-8-24(27)29/h3-17,29-31H,18H2,1-2H3. The van der Waals surface area contributed by atoms with Crippen LogP contribution in [0.1, 0.15) is 60.0 Å². The number of hydrogen-bond donors (Lipinski definition) is 0. The number of ketones is 1. The molecule has 7 heteroatoms. The molecule has 2 amide bonds. The number of carbonyl (C=O) groups is 4. The highest BCUT2D eigenvalue weighted by atomic mass is 79.9. The Kier molecular flexibility index (Phi) is 6.06. The number of nitrogens with zero attached hydrogens (tertiary/aromatic N) is 1. The molecule has 8 rings (SSSR count). The van der Waals surface area contributed by atoms with E-state index in [1.165, 1.54) is 17.0 Å². The highest BCUT2D eigenvalue weighted by Gasteiger charge is 2.67. The molecule has 1 heterocycles. The maximum Gasteiger partial charge on any atom is 0.338 e. The second-order valence-electron chi connectivity index (χ2n) is 11.2. The van der Waals surface area contributed by atoms with E-state index in [-0.39, 0.29) is 35.7 Å². The van der Waals surface area contributed by atoms with E-state index in [9.17, 15) is 19.2 Å². The lowest BCUT2D eigenvalue weighted by Crippen LogP contribution is -2.50. The Hall–Kier alpha value is -4.36. The highest BCUT2D eigenvalue weighted by Crippen LogP contribution is 2.66. The van der Waals surface area contributed by atoms with Gasteiger partial charge in [0, 0.05) is 11.5 Å². The third-order valence-electron chi connectivity index (χ3n) is 8.90. The SMILES string of the molecule is Cc1ccc(C)c(C(=O)COC(=O)c2ccc(N3C(=O)C4C5c6ccccc6C(Br)(c6ccccc65)C4C3=O)cc2)c1. The van der Waals surface area contributed by atoms with Gasteiger partial charge in [-0.2, -0.15) is 0 Å². The van der Waals surface area contributed by atoms with Gasteiger partial charge in [-0.3, -0.25) is 14.4 Å². The van der Waals surface area contributed by atoms with Crippen LogP contribution in [0, 0.1) is 25.7 Å². The number of carbonyl (C=O) groups excluding carboxylic acids is 4. The molecule has 1 saturated heterocycles. The summed E-state index contributed by atoms with van der Waals surface area (Å²) in [6.07, 6.45) is 0. The lowest BCUT2D eigenvalue weighted by molar-refractivity contribution is -0.122. The molecule has 3 aliphatic carbocycles. The van der Waals surface area contributed by atoms with Crippen molar-refractivity contribution >= 4 is 45.2 Å². The van der Waals surface area contributed by atoms with Crippen molar-refractivity contribution in [2.45, 2.75) is 24.1 Å². The van der Waals surface area contributed by atoms with Crippen molar-refractivity contribution in [3.63, 3.8) is 0 Å². The monoisotopic (exact) mass is 619 g/mol. The van der Waals surface area contributed by atoms with Gasteiger partial charge in [-0.05, 0) is 72.0 Å². The van der Waals surface area contributed by atoms with E-state index >= 15 is 0 Å². The third kappa shape index (κ3) is 3.69. The highest BCUT2D eigenvalue weighted by molar-refractivity contribution is 9.09. The van der Waals surface area contributed by atoms with Crippen molar-refractivity contribution in [3.05, 3.63) is 136 Å². The van der Waals surface area contributed by atoms with Crippen LogP contribution in [0.2, 0.25) is 0 Å². The van der Waals surface area contributed by atoms with Gasteiger partial charge in [0.1, 0.15) is 0 Å². The number of benzene rings is 4. The Morgan fingerprint density at radius 1 is 0.833 bits per heavy atom. The predicted molar refractivity (Wildman–Crippen MR) is 161 cm³/mol. The van der Waals surface area contributed by atoms with E-state index in [1.54, 1.807) is 18.2 Å². The van der Waals surface area contributed by atoms with Gasteiger partial charge < -0.3 is 4.74 Å². The Balaban J connectivity index is 1.15. The normalized spacial score (nSPS) is 23.3. The first-order valence-electron chi connectivity index (χ1n) is 13.8. The van der Waals surface area contributed by atoms with Gasteiger partial charge in [0.2, 0.25) is 17.6 Å². The molecule has 2 bridgehead atoms. The first kappa shape index (κ1) is 26.5. The molecule has 0 spiro atoms. The molecule has 4 aliphatic rings. The predicted octanol–water partition coefficient (Wildman–Crippen LogP) is 6.25. The van der Waals surface area contributed by atoms with Gasteiger partial charge in [0.05, 0.1) is 27.4 Å². The van der Waals surface area contributed by atoms with Gasteiger partial charge in [-0.15, -0.1) is 0 Å². The fourth-order valence-electron chi connectivity index (χ4n) is 7.01. The third-order valence-corrected chi connectivity index (χ3v) is 10.3. The molecule has 42 heavy (non-hydrogen) atoms. The molecule has 4 aromatic carbocycles. The molecule has 0 saturated carbocycles. The van der Waals surface area contributed by atoms with Crippen molar-refractivity contribution in [1.82, 2.24) is 0 Å². The van der Waals surface area contributed by atoms with Crippen molar-refractivity contribution in [2.75, 3.05) is 11.5 Å². The van der Waals surface area contributed by atoms with E-state index < -0.39 is 22.1 Å². The molecule has 0 radical (unpaired) electrons. The van der Waals surface area contributed by atoms with Crippen LogP contribution in [-0.2, 0) is 18.7 Å². The van der Waals surface area contributed by atoms with Gasteiger partial charge in [0.25, 0.3) is 0 Å². The Morgan fingerprint density at radius 3 is 2.10 bits per heavy atom. The van der Waals surface area contributed by atoms with Gasteiger partial charge in [-0.1, -0.05) is 82.2 Å². The average molecular weight is 620 g/mol. The van der Waals surface area contributed by atoms with Crippen molar-refractivity contribution in [3.8, 4) is 0 Å². The van der Waals surface area contributed by atoms with Crippen LogP contribution in [0.15, 0.2) is 91.0 Å². The lowest BCUT2D eigenvalue weighted by Gasteiger charge is -2.51. The summed E-state index contributed by atoms with van der Waals surface area (Å²) in [6.45, 7) is 3.35. The maximum absolute atomic E-state index is 14.1. The largest absolute Gasteiger partial charge is 0.454 e. The van der Waals surface area contributed by atoms with E-state index in [0.717, 1.165) is 33.4 Å². The number of esters is 1. The molecule has 1 aliphatic heterocycles. The van der Waals surface area contributed by atoms with Gasteiger partial charge >= 0.3 is 5.97 Å². The minimum absolute atomic E-state index is 0.223. The molecular weight excluding hydrogens is 594 g/mol. The molecule has 2 unspecified atom stereocenters. The van der Waals surface area contributed by atoms with Crippen LogP contribution >= 0.6 is 15.9 Å². The van der Waals surface area contributed by atoms with Gasteiger partial charge in [0.15, 0.2) is 6.61 Å². The van der Waals surface area contributed by atoms with E-state index in [2.05, 4.69) is 15.9 Å². The first-order chi connectivity index (χ1) is 20.2. The number of halogens is 1.